The SMILES string of the molecule is C=C/C=C\CN(C)C(=O)C=C. The number of nitrogens with zero attached hydrogens (tertiary/aromatic N) is 1. The number of hydrogen-bond acceptors (Lipinski definition) is 1. The van der Waals surface area contributed by atoms with Gasteiger partial charge in [-0.15, -0.1) is 0 Å². The maximum absolute atomic E-state index is 10.9. The molecule has 0 saturated carbocycles. The second-order valence-electron chi connectivity index (χ2n) is 2.09. The van der Waals surface area contributed by atoms with E-state index in [-0.39, 0.29) is 5.91 Å². The van der Waals surface area contributed by atoms with Crippen molar-refractivity contribution in [1.82, 2.24) is 4.90 Å². The van der Waals surface area contributed by atoms with Gasteiger partial charge in [0.05, 0.1) is 0 Å². The van der Waals surface area contributed by atoms with Gasteiger partial charge in [0.1, 0.15) is 0 Å². The topological polar surface area (TPSA) is 20.3 Å². The van der Waals surface area contributed by atoms with E-state index in [0.29, 0.717) is 6.54 Å². The average Bonchev–Trinajstić information content (AvgIpc) is 2.03. The van der Waals surface area contributed by atoms with E-state index in [0.717, 1.165) is 0 Å². The molecule has 0 fully saturated rings. The van der Waals surface area contributed by atoms with Crippen molar-refractivity contribution in [3.05, 3.63) is 37.5 Å². The van der Waals surface area contributed by atoms with Crippen LogP contribution in [0.5, 0.6) is 0 Å². The summed E-state index contributed by atoms with van der Waals surface area (Å²) >= 11 is 0. The number of carbonyl (C=O) groups is 1. The highest BCUT2D eigenvalue weighted by Gasteiger charge is 1.98. The molecule has 0 aromatic carbocycles. The highest BCUT2D eigenvalue weighted by atomic mass is 16.2. The number of allylic oxidation sites excluding steroid dienone is 2. The van der Waals surface area contributed by atoms with Crippen molar-refractivity contribution in [1.29, 1.82) is 0 Å². The zero-order chi connectivity index (χ0) is 8.69. The van der Waals surface area contributed by atoms with Crippen LogP contribution >= 0.6 is 0 Å². The Hall–Kier alpha value is -1.31. The minimum atomic E-state index is -0.0706. The van der Waals surface area contributed by atoms with E-state index in [2.05, 4.69) is 13.2 Å². The molecule has 0 unspecified atom stereocenters. The lowest BCUT2D eigenvalue weighted by molar-refractivity contribution is -0.124. The highest BCUT2D eigenvalue weighted by molar-refractivity contribution is 5.86. The summed E-state index contributed by atoms with van der Waals surface area (Å²) < 4.78 is 0. The molecule has 0 aliphatic carbocycles. The molecule has 0 aliphatic heterocycles. The molecule has 1 amide bonds. The van der Waals surface area contributed by atoms with Gasteiger partial charge < -0.3 is 4.90 Å². The molecule has 0 saturated heterocycles. The smallest absolute Gasteiger partial charge is 0.245 e. The van der Waals surface area contributed by atoms with Gasteiger partial charge in [0.15, 0.2) is 0 Å². The Morgan fingerprint density at radius 3 is 2.64 bits per heavy atom. The van der Waals surface area contributed by atoms with Crippen molar-refractivity contribution in [2.75, 3.05) is 13.6 Å². The van der Waals surface area contributed by atoms with Crippen LogP contribution < -0.4 is 0 Å². The van der Waals surface area contributed by atoms with Crippen molar-refractivity contribution >= 4 is 5.91 Å². The largest absolute Gasteiger partial charge is 0.339 e. The lowest BCUT2D eigenvalue weighted by Gasteiger charge is -2.10. The summed E-state index contributed by atoms with van der Waals surface area (Å²) in [6.45, 7) is 7.48. The molecule has 0 rings (SSSR count). The lowest BCUT2D eigenvalue weighted by Crippen LogP contribution is -2.24. The van der Waals surface area contributed by atoms with Crippen LogP contribution in [0.15, 0.2) is 37.5 Å². The molecule has 0 aliphatic rings. The molecule has 11 heavy (non-hydrogen) atoms. The van der Waals surface area contributed by atoms with E-state index in [4.69, 9.17) is 0 Å². The van der Waals surface area contributed by atoms with Crippen LogP contribution in [0.2, 0.25) is 0 Å². The minimum Gasteiger partial charge on any atom is -0.339 e. The maximum Gasteiger partial charge on any atom is 0.245 e. The van der Waals surface area contributed by atoms with Gasteiger partial charge in [0, 0.05) is 13.6 Å². The van der Waals surface area contributed by atoms with E-state index in [9.17, 15) is 4.79 Å². The first-order valence-corrected chi connectivity index (χ1v) is 3.37. The Kier molecular flexibility index (Phi) is 4.82. The Morgan fingerprint density at radius 2 is 2.18 bits per heavy atom. The molecule has 0 aromatic heterocycles. The average molecular weight is 151 g/mol. The lowest BCUT2D eigenvalue weighted by atomic mass is 10.4. The standard InChI is InChI=1S/C9H13NO/c1-4-6-7-8-10(3)9(11)5-2/h4-7H,1-2,8H2,3H3/b7-6-. The van der Waals surface area contributed by atoms with Crippen LogP contribution in [0, 0.1) is 0 Å². The first-order chi connectivity index (χ1) is 5.22. The second-order valence-corrected chi connectivity index (χ2v) is 2.09. The number of carbonyl (C=O) groups excluding carboxylic acids is 1. The molecule has 2 nitrogen and oxygen atoms in total. The number of likely N-dealkylation sites (N-methyl/N-ethyl adjacent to an activating group) is 1. The van der Waals surface area contributed by atoms with Crippen LogP contribution in [0.3, 0.4) is 0 Å². The van der Waals surface area contributed by atoms with Crippen molar-refractivity contribution < 1.29 is 4.79 Å². The second kappa shape index (κ2) is 5.47. The maximum atomic E-state index is 10.9. The minimum absolute atomic E-state index is 0.0706. The van der Waals surface area contributed by atoms with Gasteiger partial charge in [-0.05, 0) is 6.08 Å². The normalized spacial score (nSPS) is 9.55. The van der Waals surface area contributed by atoms with Gasteiger partial charge in [-0.1, -0.05) is 31.4 Å². The first kappa shape index (κ1) is 9.69. The molecule has 60 valence electrons. The molecule has 0 bridgehead atoms. The number of amides is 1. The molecule has 0 heterocycles. The van der Waals surface area contributed by atoms with Crippen molar-refractivity contribution in [3.8, 4) is 0 Å². The van der Waals surface area contributed by atoms with Crippen LogP contribution in [0.1, 0.15) is 0 Å². The predicted octanol–water partition coefficient (Wildman–Crippen LogP) is 1.37. The van der Waals surface area contributed by atoms with Crippen LogP contribution in [-0.4, -0.2) is 24.4 Å². The van der Waals surface area contributed by atoms with Crippen molar-refractivity contribution in [2.24, 2.45) is 0 Å². The zero-order valence-corrected chi connectivity index (χ0v) is 6.79. The molecule has 0 spiro atoms. The van der Waals surface area contributed by atoms with Gasteiger partial charge in [0.25, 0.3) is 0 Å². The Balaban J connectivity index is 3.76. The molecule has 0 N–H and O–H groups in total. The molecular weight excluding hydrogens is 138 g/mol. The summed E-state index contributed by atoms with van der Waals surface area (Å²) in [5, 5.41) is 0. The van der Waals surface area contributed by atoms with Gasteiger partial charge in [-0.25, -0.2) is 0 Å². The molecule has 0 aromatic rings. The summed E-state index contributed by atoms with van der Waals surface area (Å²) in [5.41, 5.74) is 0. The van der Waals surface area contributed by atoms with Crippen LogP contribution in [0.4, 0.5) is 0 Å². The summed E-state index contributed by atoms with van der Waals surface area (Å²) in [6.07, 6.45) is 6.62. The summed E-state index contributed by atoms with van der Waals surface area (Å²) in [4.78, 5) is 12.4. The van der Waals surface area contributed by atoms with Crippen LogP contribution in [-0.2, 0) is 4.79 Å². The zero-order valence-electron chi connectivity index (χ0n) is 6.79. The summed E-state index contributed by atoms with van der Waals surface area (Å²) in [5.74, 6) is -0.0706. The third-order valence-electron chi connectivity index (χ3n) is 1.20. The quantitative estimate of drug-likeness (QED) is 0.439. The Labute approximate surface area is 67.5 Å². The van der Waals surface area contributed by atoms with Gasteiger partial charge in [-0.3, -0.25) is 4.79 Å². The van der Waals surface area contributed by atoms with Gasteiger partial charge in [0.2, 0.25) is 5.91 Å². The van der Waals surface area contributed by atoms with E-state index >= 15 is 0 Å². The van der Waals surface area contributed by atoms with Crippen molar-refractivity contribution in [3.63, 3.8) is 0 Å². The molecular formula is C9H13NO. The van der Waals surface area contributed by atoms with Crippen molar-refractivity contribution in [2.45, 2.75) is 0 Å². The van der Waals surface area contributed by atoms with E-state index in [1.54, 1.807) is 24.1 Å². The highest BCUT2D eigenvalue weighted by Crippen LogP contribution is 1.86. The van der Waals surface area contributed by atoms with Crippen LogP contribution in [0.25, 0.3) is 0 Å². The van der Waals surface area contributed by atoms with Gasteiger partial charge >= 0.3 is 0 Å². The third kappa shape index (κ3) is 4.14. The predicted molar refractivity (Wildman–Crippen MR) is 47.2 cm³/mol. The monoisotopic (exact) mass is 151 g/mol. The molecule has 0 radical (unpaired) electrons. The third-order valence-corrected chi connectivity index (χ3v) is 1.20. The fourth-order valence-electron chi connectivity index (χ4n) is 0.561. The number of hydrogen-bond donors (Lipinski definition) is 0. The van der Waals surface area contributed by atoms with Gasteiger partial charge in [-0.2, -0.15) is 0 Å². The molecule has 2 heteroatoms. The Morgan fingerprint density at radius 1 is 1.55 bits per heavy atom. The first-order valence-electron chi connectivity index (χ1n) is 3.37. The Bertz CT molecular complexity index is 182. The fourth-order valence-corrected chi connectivity index (χ4v) is 0.561. The van der Waals surface area contributed by atoms with E-state index in [1.165, 1.54) is 6.08 Å². The summed E-state index contributed by atoms with van der Waals surface area (Å²) in [6, 6.07) is 0. The summed E-state index contributed by atoms with van der Waals surface area (Å²) in [7, 11) is 1.72. The van der Waals surface area contributed by atoms with E-state index < -0.39 is 0 Å². The fraction of sp³-hybridized carbons (Fsp3) is 0.222. The molecule has 0 atom stereocenters. The van der Waals surface area contributed by atoms with E-state index in [1.807, 2.05) is 6.08 Å². The number of rotatable bonds is 4.